The smallest absolute Gasteiger partial charge is 0.257 e. The SMILES string of the molecule is CCCC(=O)N1CCCC1c1nnc(-c2cccs2)o1. The number of carbonyl (C=O) groups is 1. The van der Waals surface area contributed by atoms with Crippen molar-refractivity contribution in [3.8, 4) is 10.8 Å². The molecule has 1 amide bonds. The average Bonchev–Trinajstić information content (AvgIpc) is 3.19. The van der Waals surface area contributed by atoms with Gasteiger partial charge in [0.15, 0.2) is 0 Å². The van der Waals surface area contributed by atoms with Crippen LogP contribution < -0.4 is 0 Å². The van der Waals surface area contributed by atoms with Crippen molar-refractivity contribution in [2.24, 2.45) is 0 Å². The standard InChI is InChI=1S/C14H17N3O2S/c1-2-5-12(18)17-8-3-6-10(17)13-15-16-14(19-13)11-7-4-9-20-11/h4,7,9-10H,2-3,5-6,8H2,1H3. The van der Waals surface area contributed by atoms with Crippen molar-refractivity contribution in [1.82, 2.24) is 15.1 Å². The van der Waals surface area contributed by atoms with Gasteiger partial charge in [-0.25, -0.2) is 0 Å². The van der Waals surface area contributed by atoms with E-state index in [-0.39, 0.29) is 11.9 Å². The first-order chi connectivity index (χ1) is 9.79. The highest BCUT2D eigenvalue weighted by molar-refractivity contribution is 7.13. The number of hydrogen-bond donors (Lipinski definition) is 0. The fourth-order valence-corrected chi connectivity index (χ4v) is 3.19. The van der Waals surface area contributed by atoms with Gasteiger partial charge in [-0.15, -0.1) is 21.5 Å². The summed E-state index contributed by atoms with van der Waals surface area (Å²) in [6.07, 6.45) is 3.35. The predicted octanol–water partition coefficient (Wildman–Crippen LogP) is 3.26. The van der Waals surface area contributed by atoms with E-state index in [1.54, 1.807) is 11.3 Å². The Morgan fingerprint density at radius 3 is 3.20 bits per heavy atom. The fraction of sp³-hybridized carbons (Fsp3) is 0.500. The van der Waals surface area contributed by atoms with Crippen LogP contribution in [0.3, 0.4) is 0 Å². The molecule has 1 atom stereocenters. The van der Waals surface area contributed by atoms with E-state index in [4.69, 9.17) is 4.42 Å². The Labute approximate surface area is 121 Å². The van der Waals surface area contributed by atoms with Crippen molar-refractivity contribution in [2.75, 3.05) is 6.54 Å². The Bertz CT molecular complexity index is 579. The van der Waals surface area contributed by atoms with E-state index in [9.17, 15) is 4.79 Å². The van der Waals surface area contributed by atoms with E-state index >= 15 is 0 Å². The zero-order valence-corrected chi connectivity index (χ0v) is 12.2. The Kier molecular flexibility index (Phi) is 3.82. The lowest BCUT2D eigenvalue weighted by molar-refractivity contribution is -0.132. The number of carbonyl (C=O) groups excluding carboxylic acids is 1. The van der Waals surface area contributed by atoms with E-state index < -0.39 is 0 Å². The van der Waals surface area contributed by atoms with Crippen molar-refractivity contribution in [3.05, 3.63) is 23.4 Å². The first-order valence-corrected chi connectivity index (χ1v) is 7.84. The van der Waals surface area contributed by atoms with Gasteiger partial charge in [-0.2, -0.15) is 0 Å². The van der Waals surface area contributed by atoms with E-state index in [0.717, 1.165) is 30.7 Å². The summed E-state index contributed by atoms with van der Waals surface area (Å²) in [6.45, 7) is 2.81. The topological polar surface area (TPSA) is 59.2 Å². The second kappa shape index (κ2) is 5.75. The largest absolute Gasteiger partial charge is 0.418 e. The number of thiophene rings is 1. The lowest BCUT2D eigenvalue weighted by Crippen LogP contribution is -2.30. The van der Waals surface area contributed by atoms with Crippen LogP contribution in [0.1, 0.15) is 44.5 Å². The summed E-state index contributed by atoms with van der Waals surface area (Å²) in [5.41, 5.74) is 0. The lowest BCUT2D eigenvalue weighted by atomic mass is 10.2. The van der Waals surface area contributed by atoms with E-state index in [1.165, 1.54) is 0 Å². The summed E-state index contributed by atoms with van der Waals surface area (Å²) in [5.74, 6) is 1.30. The lowest BCUT2D eigenvalue weighted by Gasteiger charge is -2.21. The molecule has 0 radical (unpaired) electrons. The summed E-state index contributed by atoms with van der Waals surface area (Å²) in [6, 6.07) is 3.86. The summed E-state index contributed by atoms with van der Waals surface area (Å²) >= 11 is 1.57. The van der Waals surface area contributed by atoms with E-state index in [2.05, 4.69) is 10.2 Å². The normalized spacial score (nSPS) is 18.6. The molecule has 2 aromatic rings. The van der Waals surface area contributed by atoms with Crippen LogP contribution >= 0.6 is 11.3 Å². The highest BCUT2D eigenvalue weighted by Gasteiger charge is 2.33. The van der Waals surface area contributed by atoms with E-state index in [1.807, 2.05) is 29.3 Å². The van der Waals surface area contributed by atoms with Gasteiger partial charge in [0, 0.05) is 13.0 Å². The molecular formula is C14H17N3O2S. The molecule has 1 fully saturated rings. The molecule has 3 rings (SSSR count). The maximum Gasteiger partial charge on any atom is 0.257 e. The number of rotatable bonds is 4. The van der Waals surface area contributed by atoms with Crippen molar-refractivity contribution >= 4 is 17.2 Å². The van der Waals surface area contributed by atoms with Gasteiger partial charge in [-0.1, -0.05) is 13.0 Å². The molecule has 1 aliphatic rings. The summed E-state index contributed by atoms with van der Waals surface area (Å²) in [7, 11) is 0. The molecular weight excluding hydrogens is 274 g/mol. The third kappa shape index (κ3) is 2.47. The van der Waals surface area contributed by atoms with Crippen molar-refractivity contribution in [1.29, 1.82) is 0 Å². The third-order valence-corrected chi connectivity index (χ3v) is 4.35. The maximum atomic E-state index is 12.1. The van der Waals surface area contributed by atoms with Crippen LogP contribution in [0, 0.1) is 0 Å². The van der Waals surface area contributed by atoms with Crippen molar-refractivity contribution in [2.45, 2.75) is 38.6 Å². The zero-order valence-electron chi connectivity index (χ0n) is 11.4. The van der Waals surface area contributed by atoms with Crippen LogP contribution in [0.15, 0.2) is 21.9 Å². The number of aromatic nitrogens is 2. The first-order valence-electron chi connectivity index (χ1n) is 6.96. The van der Waals surface area contributed by atoms with Crippen LogP contribution in [-0.4, -0.2) is 27.5 Å². The second-order valence-electron chi connectivity index (χ2n) is 4.92. The first kappa shape index (κ1) is 13.3. The highest BCUT2D eigenvalue weighted by atomic mass is 32.1. The predicted molar refractivity (Wildman–Crippen MR) is 76.2 cm³/mol. The molecule has 2 aromatic heterocycles. The van der Waals surface area contributed by atoms with Crippen LogP contribution in [-0.2, 0) is 4.79 Å². The quantitative estimate of drug-likeness (QED) is 0.867. The van der Waals surface area contributed by atoms with Gasteiger partial charge in [0.05, 0.1) is 4.88 Å². The molecule has 1 unspecified atom stereocenters. The van der Waals surface area contributed by atoms with Crippen LogP contribution in [0.25, 0.3) is 10.8 Å². The molecule has 0 saturated carbocycles. The number of hydrogen-bond acceptors (Lipinski definition) is 5. The van der Waals surface area contributed by atoms with Gasteiger partial charge in [0.25, 0.3) is 5.89 Å². The minimum Gasteiger partial charge on any atom is -0.418 e. The van der Waals surface area contributed by atoms with Gasteiger partial charge in [-0.3, -0.25) is 4.79 Å². The second-order valence-corrected chi connectivity index (χ2v) is 5.87. The molecule has 106 valence electrons. The molecule has 20 heavy (non-hydrogen) atoms. The molecule has 1 saturated heterocycles. The van der Waals surface area contributed by atoms with Gasteiger partial charge < -0.3 is 9.32 Å². The summed E-state index contributed by atoms with van der Waals surface area (Å²) in [5, 5.41) is 10.2. The Balaban J connectivity index is 1.80. The number of likely N-dealkylation sites (tertiary alicyclic amines) is 1. The van der Waals surface area contributed by atoms with Gasteiger partial charge in [0.1, 0.15) is 6.04 Å². The van der Waals surface area contributed by atoms with Crippen LogP contribution in [0.5, 0.6) is 0 Å². The van der Waals surface area contributed by atoms with Crippen molar-refractivity contribution < 1.29 is 9.21 Å². The van der Waals surface area contributed by atoms with Crippen LogP contribution in [0.2, 0.25) is 0 Å². The number of nitrogens with zero attached hydrogens (tertiary/aromatic N) is 3. The van der Waals surface area contributed by atoms with E-state index in [0.29, 0.717) is 18.2 Å². The molecule has 5 nitrogen and oxygen atoms in total. The monoisotopic (exact) mass is 291 g/mol. The van der Waals surface area contributed by atoms with Gasteiger partial charge in [0.2, 0.25) is 11.8 Å². The Morgan fingerprint density at radius 1 is 1.55 bits per heavy atom. The fourth-order valence-electron chi connectivity index (χ4n) is 2.55. The maximum absolute atomic E-state index is 12.1. The molecule has 0 spiro atoms. The number of amides is 1. The van der Waals surface area contributed by atoms with Gasteiger partial charge in [-0.05, 0) is 30.7 Å². The Hall–Kier alpha value is -1.69. The van der Waals surface area contributed by atoms with Crippen LogP contribution in [0.4, 0.5) is 0 Å². The molecule has 0 bridgehead atoms. The molecule has 0 N–H and O–H groups in total. The molecule has 3 heterocycles. The van der Waals surface area contributed by atoms with Gasteiger partial charge >= 0.3 is 0 Å². The Morgan fingerprint density at radius 2 is 2.45 bits per heavy atom. The summed E-state index contributed by atoms with van der Waals surface area (Å²) in [4.78, 5) is 15.0. The molecule has 0 aliphatic carbocycles. The average molecular weight is 291 g/mol. The molecule has 6 heteroatoms. The summed E-state index contributed by atoms with van der Waals surface area (Å²) < 4.78 is 5.76. The third-order valence-electron chi connectivity index (χ3n) is 3.49. The van der Waals surface area contributed by atoms with Crippen molar-refractivity contribution in [3.63, 3.8) is 0 Å². The zero-order chi connectivity index (χ0) is 13.9. The molecule has 0 aromatic carbocycles. The minimum absolute atomic E-state index is 0.0461. The molecule has 1 aliphatic heterocycles. The minimum atomic E-state index is -0.0461. The highest BCUT2D eigenvalue weighted by Crippen LogP contribution is 2.33.